The highest BCUT2D eigenvalue weighted by Gasteiger charge is 2.22. The number of benzene rings is 2. The Hall–Kier alpha value is -2.70. The fraction of sp³-hybridized carbons (Fsp3) is 0.364. The van der Waals surface area contributed by atoms with Gasteiger partial charge in [-0.05, 0) is 17.5 Å². The number of nitrogens with zero attached hydrogens (tertiary/aromatic N) is 1. The minimum absolute atomic E-state index is 0.0481. The summed E-state index contributed by atoms with van der Waals surface area (Å²) in [6, 6.07) is 20.0. The summed E-state index contributed by atoms with van der Waals surface area (Å²) >= 11 is 0. The van der Waals surface area contributed by atoms with Crippen LogP contribution in [0.4, 0.5) is 0 Å². The van der Waals surface area contributed by atoms with Gasteiger partial charge >= 0.3 is 11.8 Å². The molecular weight excluding hydrogens is 354 g/mol. The van der Waals surface area contributed by atoms with Crippen molar-refractivity contribution < 1.29 is 14.3 Å². The number of carbonyl (C=O) groups is 2. The second-order valence-corrected chi connectivity index (χ2v) is 6.82. The molecule has 1 atom stereocenters. The molecule has 0 radical (unpaired) electrons. The number of ether oxygens (including phenoxy) is 1. The molecule has 1 aliphatic heterocycles. The molecule has 2 aromatic rings. The van der Waals surface area contributed by atoms with E-state index in [0.29, 0.717) is 32.7 Å². The van der Waals surface area contributed by atoms with E-state index in [1.54, 1.807) is 0 Å². The molecule has 28 heavy (non-hydrogen) atoms. The van der Waals surface area contributed by atoms with E-state index in [0.717, 1.165) is 24.2 Å². The summed E-state index contributed by atoms with van der Waals surface area (Å²) in [5, 5.41) is 5.36. The van der Waals surface area contributed by atoms with Gasteiger partial charge in [0.1, 0.15) is 0 Å². The van der Waals surface area contributed by atoms with Gasteiger partial charge in [0.15, 0.2) is 0 Å². The first-order chi connectivity index (χ1) is 13.7. The van der Waals surface area contributed by atoms with Gasteiger partial charge in [-0.3, -0.25) is 14.5 Å². The first-order valence-corrected chi connectivity index (χ1v) is 9.71. The molecule has 0 saturated carbocycles. The zero-order valence-corrected chi connectivity index (χ0v) is 16.0. The summed E-state index contributed by atoms with van der Waals surface area (Å²) < 4.78 is 5.85. The molecule has 6 nitrogen and oxygen atoms in total. The predicted octanol–water partition coefficient (Wildman–Crippen LogP) is 1.53. The van der Waals surface area contributed by atoms with Crippen molar-refractivity contribution in [3.8, 4) is 0 Å². The zero-order valence-electron chi connectivity index (χ0n) is 16.0. The highest BCUT2D eigenvalue weighted by atomic mass is 16.5. The maximum atomic E-state index is 11.9. The van der Waals surface area contributed by atoms with E-state index in [9.17, 15) is 9.59 Å². The normalized spacial score (nSPS) is 17.1. The molecule has 1 aliphatic rings. The van der Waals surface area contributed by atoms with Gasteiger partial charge in [-0.1, -0.05) is 60.7 Å². The number of nitrogens with one attached hydrogen (secondary N) is 2. The highest BCUT2D eigenvalue weighted by Crippen LogP contribution is 2.21. The van der Waals surface area contributed by atoms with Gasteiger partial charge in [-0.15, -0.1) is 0 Å². The Bertz CT molecular complexity index is 752. The zero-order chi connectivity index (χ0) is 19.6. The Balaban J connectivity index is 1.33. The first kappa shape index (κ1) is 20.0. The lowest BCUT2D eigenvalue weighted by molar-refractivity contribution is -0.139. The topological polar surface area (TPSA) is 70.7 Å². The lowest BCUT2D eigenvalue weighted by Crippen LogP contribution is -2.45. The van der Waals surface area contributed by atoms with Gasteiger partial charge in [0.05, 0.1) is 12.7 Å². The molecule has 0 aliphatic carbocycles. The molecular formula is C22H27N3O3. The molecule has 0 aromatic heterocycles. The van der Waals surface area contributed by atoms with Crippen molar-refractivity contribution >= 4 is 11.8 Å². The van der Waals surface area contributed by atoms with E-state index < -0.39 is 11.8 Å². The van der Waals surface area contributed by atoms with Crippen LogP contribution >= 0.6 is 0 Å². The van der Waals surface area contributed by atoms with Crippen molar-refractivity contribution in [2.75, 3.05) is 39.3 Å². The highest BCUT2D eigenvalue weighted by molar-refractivity contribution is 6.35. The Morgan fingerprint density at radius 3 is 2.29 bits per heavy atom. The number of amides is 2. The van der Waals surface area contributed by atoms with E-state index >= 15 is 0 Å². The molecule has 1 fully saturated rings. The third kappa shape index (κ3) is 6.18. The van der Waals surface area contributed by atoms with Crippen molar-refractivity contribution in [3.05, 3.63) is 71.8 Å². The third-order valence-electron chi connectivity index (χ3n) is 4.78. The van der Waals surface area contributed by atoms with E-state index in [1.165, 1.54) is 0 Å². The minimum Gasteiger partial charge on any atom is -0.371 e. The Labute approximate surface area is 165 Å². The number of hydrogen-bond donors (Lipinski definition) is 2. The molecule has 3 rings (SSSR count). The van der Waals surface area contributed by atoms with Crippen LogP contribution in [0.2, 0.25) is 0 Å². The van der Waals surface area contributed by atoms with Crippen LogP contribution in [0.3, 0.4) is 0 Å². The quantitative estimate of drug-likeness (QED) is 0.714. The smallest absolute Gasteiger partial charge is 0.309 e. The van der Waals surface area contributed by atoms with Crippen LogP contribution < -0.4 is 10.6 Å². The average molecular weight is 381 g/mol. The summed E-state index contributed by atoms with van der Waals surface area (Å²) in [5.41, 5.74) is 2.29. The molecule has 2 amide bonds. The maximum Gasteiger partial charge on any atom is 0.309 e. The summed E-state index contributed by atoms with van der Waals surface area (Å²) in [6.45, 7) is 3.83. The fourth-order valence-electron chi connectivity index (χ4n) is 3.23. The van der Waals surface area contributed by atoms with Gasteiger partial charge in [-0.25, -0.2) is 0 Å². The average Bonchev–Trinajstić information content (AvgIpc) is 2.75. The van der Waals surface area contributed by atoms with Crippen molar-refractivity contribution in [3.63, 3.8) is 0 Å². The molecule has 1 heterocycles. The maximum absolute atomic E-state index is 11.9. The van der Waals surface area contributed by atoms with Gasteiger partial charge in [0.2, 0.25) is 0 Å². The van der Waals surface area contributed by atoms with Gasteiger partial charge in [-0.2, -0.15) is 0 Å². The van der Waals surface area contributed by atoms with Crippen LogP contribution in [0.15, 0.2) is 60.7 Å². The summed E-state index contributed by atoms with van der Waals surface area (Å²) in [7, 11) is 0. The van der Waals surface area contributed by atoms with Gasteiger partial charge in [0, 0.05) is 32.7 Å². The van der Waals surface area contributed by atoms with E-state index in [-0.39, 0.29) is 6.10 Å². The molecule has 148 valence electrons. The van der Waals surface area contributed by atoms with Crippen molar-refractivity contribution in [2.24, 2.45) is 0 Å². The Morgan fingerprint density at radius 2 is 1.57 bits per heavy atom. The van der Waals surface area contributed by atoms with Crippen LogP contribution in [-0.4, -0.2) is 56.0 Å². The SMILES string of the molecule is O=C(NCCc1ccccc1)C(=O)NCCN1CCO[C@@H](c2ccccc2)C1. The monoisotopic (exact) mass is 381 g/mol. The van der Waals surface area contributed by atoms with E-state index in [4.69, 9.17) is 4.74 Å². The molecule has 6 heteroatoms. The lowest BCUT2D eigenvalue weighted by atomic mass is 10.1. The molecule has 1 saturated heterocycles. The second-order valence-electron chi connectivity index (χ2n) is 6.82. The number of rotatable bonds is 7. The lowest BCUT2D eigenvalue weighted by Gasteiger charge is -2.33. The van der Waals surface area contributed by atoms with Crippen LogP contribution in [0.25, 0.3) is 0 Å². The Kier molecular flexibility index (Phi) is 7.58. The van der Waals surface area contributed by atoms with Crippen LogP contribution in [0.5, 0.6) is 0 Å². The predicted molar refractivity (Wildman–Crippen MR) is 108 cm³/mol. The summed E-state index contributed by atoms with van der Waals surface area (Å²) in [5.74, 6) is -1.17. The standard InChI is InChI=1S/C22H27N3O3/c26-21(23-12-11-18-7-3-1-4-8-18)22(27)24-13-14-25-15-16-28-20(17-25)19-9-5-2-6-10-19/h1-10,20H,11-17H2,(H,23,26)(H,24,27)/t20-/m1/s1. The molecule has 2 N–H and O–H groups in total. The largest absolute Gasteiger partial charge is 0.371 e. The van der Waals surface area contributed by atoms with E-state index in [2.05, 4.69) is 27.7 Å². The van der Waals surface area contributed by atoms with Crippen LogP contribution in [-0.2, 0) is 20.7 Å². The third-order valence-corrected chi connectivity index (χ3v) is 4.78. The molecule has 2 aromatic carbocycles. The number of carbonyl (C=O) groups excluding carboxylic acids is 2. The molecule has 0 spiro atoms. The van der Waals surface area contributed by atoms with Crippen molar-refractivity contribution in [2.45, 2.75) is 12.5 Å². The molecule has 0 unspecified atom stereocenters. The van der Waals surface area contributed by atoms with Crippen molar-refractivity contribution in [1.29, 1.82) is 0 Å². The van der Waals surface area contributed by atoms with Gasteiger partial charge < -0.3 is 15.4 Å². The number of hydrogen-bond acceptors (Lipinski definition) is 4. The Morgan fingerprint density at radius 1 is 0.929 bits per heavy atom. The summed E-state index contributed by atoms with van der Waals surface area (Å²) in [6.07, 6.45) is 0.751. The second kappa shape index (κ2) is 10.6. The van der Waals surface area contributed by atoms with Crippen molar-refractivity contribution in [1.82, 2.24) is 15.5 Å². The van der Waals surface area contributed by atoms with Gasteiger partial charge in [0.25, 0.3) is 0 Å². The minimum atomic E-state index is -0.583. The molecule has 0 bridgehead atoms. The first-order valence-electron chi connectivity index (χ1n) is 9.71. The van der Waals surface area contributed by atoms with E-state index in [1.807, 2.05) is 48.5 Å². The summed E-state index contributed by atoms with van der Waals surface area (Å²) in [4.78, 5) is 26.1. The number of morpholine rings is 1. The van der Waals surface area contributed by atoms with Crippen LogP contribution in [0, 0.1) is 0 Å². The fourth-order valence-corrected chi connectivity index (χ4v) is 3.23. The van der Waals surface area contributed by atoms with Crippen LogP contribution in [0.1, 0.15) is 17.2 Å².